The van der Waals surface area contributed by atoms with Crippen molar-refractivity contribution in [1.29, 1.82) is 0 Å². The van der Waals surface area contributed by atoms with Gasteiger partial charge in [-0.25, -0.2) is 4.98 Å². The molecule has 1 aromatic heterocycles. The van der Waals surface area contributed by atoms with Crippen molar-refractivity contribution in [3.05, 3.63) is 61.7 Å². The van der Waals surface area contributed by atoms with Crippen LogP contribution in [0.15, 0.2) is 29.2 Å². The van der Waals surface area contributed by atoms with Crippen LogP contribution in [0.1, 0.15) is 34.6 Å². The van der Waals surface area contributed by atoms with E-state index in [1.807, 2.05) is 0 Å². The van der Waals surface area contributed by atoms with Crippen molar-refractivity contribution in [2.75, 3.05) is 13.1 Å². The van der Waals surface area contributed by atoms with Crippen LogP contribution in [0, 0.1) is 0 Å². The highest BCUT2D eigenvalue weighted by Crippen LogP contribution is 2.25. The number of nitrogens with zero attached hydrogens (tertiary/aromatic N) is 2. The SMILES string of the molecule is O=C(c1cnc(Cc2c(Cl)cccc2Cl)[nH]c1=O)N1CCCC1. The molecular weight excluding hydrogens is 337 g/mol. The number of hydrogen-bond donors (Lipinski definition) is 1. The molecule has 0 unspecified atom stereocenters. The van der Waals surface area contributed by atoms with Gasteiger partial charge >= 0.3 is 0 Å². The number of hydrogen-bond acceptors (Lipinski definition) is 3. The highest BCUT2D eigenvalue weighted by Gasteiger charge is 2.22. The van der Waals surface area contributed by atoms with Crippen molar-refractivity contribution < 1.29 is 4.79 Å². The maximum atomic E-state index is 12.3. The van der Waals surface area contributed by atoms with Crippen LogP contribution >= 0.6 is 23.2 Å². The number of nitrogens with one attached hydrogen (secondary N) is 1. The van der Waals surface area contributed by atoms with Crippen molar-refractivity contribution in [3.63, 3.8) is 0 Å². The number of aromatic nitrogens is 2. The second-order valence-electron chi connectivity index (χ2n) is 5.45. The fourth-order valence-corrected chi connectivity index (χ4v) is 3.16. The van der Waals surface area contributed by atoms with Crippen LogP contribution in [-0.4, -0.2) is 33.9 Å². The molecule has 1 saturated heterocycles. The molecule has 1 aliphatic heterocycles. The molecule has 5 nitrogen and oxygen atoms in total. The van der Waals surface area contributed by atoms with Gasteiger partial charge in [0.15, 0.2) is 0 Å². The van der Waals surface area contributed by atoms with Gasteiger partial charge in [-0.1, -0.05) is 29.3 Å². The lowest BCUT2D eigenvalue weighted by Gasteiger charge is -2.14. The van der Waals surface area contributed by atoms with Crippen LogP contribution in [0.3, 0.4) is 0 Å². The standard InChI is InChI=1S/C16H15Cl2N3O2/c17-12-4-3-5-13(18)10(12)8-14-19-9-11(15(22)20-14)16(23)21-6-1-2-7-21/h3-5,9H,1-2,6-8H2,(H,19,20,22). The third-order valence-corrected chi connectivity index (χ3v) is 4.59. The number of halogens is 2. The molecule has 1 fully saturated rings. The number of aromatic amines is 1. The number of H-pyrrole nitrogens is 1. The van der Waals surface area contributed by atoms with E-state index in [0.29, 0.717) is 40.9 Å². The topological polar surface area (TPSA) is 66.1 Å². The second kappa shape index (κ2) is 6.72. The van der Waals surface area contributed by atoms with Gasteiger partial charge in [-0.3, -0.25) is 9.59 Å². The molecule has 3 rings (SSSR count). The Hall–Kier alpha value is -1.85. The zero-order chi connectivity index (χ0) is 16.4. The van der Waals surface area contributed by atoms with Gasteiger partial charge in [-0.2, -0.15) is 0 Å². The van der Waals surface area contributed by atoms with Crippen LogP contribution in [0.5, 0.6) is 0 Å². The molecule has 0 aliphatic carbocycles. The molecule has 0 atom stereocenters. The fourth-order valence-electron chi connectivity index (χ4n) is 2.63. The third kappa shape index (κ3) is 3.41. The molecule has 0 radical (unpaired) electrons. The minimum atomic E-state index is -0.435. The van der Waals surface area contributed by atoms with Crippen molar-refractivity contribution in [3.8, 4) is 0 Å². The first kappa shape index (κ1) is 16.0. The first-order valence-electron chi connectivity index (χ1n) is 7.36. The van der Waals surface area contributed by atoms with E-state index in [-0.39, 0.29) is 11.5 Å². The van der Waals surface area contributed by atoms with Gasteiger partial charge in [0, 0.05) is 35.8 Å². The van der Waals surface area contributed by atoms with E-state index in [2.05, 4.69) is 9.97 Å². The van der Waals surface area contributed by atoms with Crippen LogP contribution in [0.4, 0.5) is 0 Å². The number of benzene rings is 1. The van der Waals surface area contributed by atoms with Gasteiger partial charge in [0.1, 0.15) is 11.4 Å². The van der Waals surface area contributed by atoms with Gasteiger partial charge in [0.25, 0.3) is 11.5 Å². The van der Waals surface area contributed by atoms with Gasteiger partial charge in [0.05, 0.1) is 0 Å². The maximum Gasteiger partial charge on any atom is 0.263 e. The first-order valence-corrected chi connectivity index (χ1v) is 8.12. The van der Waals surface area contributed by atoms with E-state index < -0.39 is 5.56 Å². The summed E-state index contributed by atoms with van der Waals surface area (Å²) in [5, 5.41) is 1.02. The minimum Gasteiger partial charge on any atom is -0.338 e. The lowest BCUT2D eigenvalue weighted by Crippen LogP contribution is -2.33. The summed E-state index contributed by atoms with van der Waals surface area (Å²) < 4.78 is 0. The first-order chi connectivity index (χ1) is 11.1. The molecule has 0 bridgehead atoms. The molecule has 0 saturated carbocycles. The molecular formula is C16H15Cl2N3O2. The van der Waals surface area contributed by atoms with E-state index in [4.69, 9.17) is 23.2 Å². The Labute approximate surface area is 143 Å². The number of rotatable bonds is 3. The lowest BCUT2D eigenvalue weighted by atomic mass is 10.1. The lowest BCUT2D eigenvalue weighted by molar-refractivity contribution is 0.0790. The van der Waals surface area contributed by atoms with Crippen LogP contribution in [-0.2, 0) is 6.42 Å². The summed E-state index contributed by atoms with van der Waals surface area (Å²) in [4.78, 5) is 33.0. The van der Waals surface area contributed by atoms with Crippen LogP contribution in [0.2, 0.25) is 10.0 Å². The Morgan fingerprint density at radius 1 is 1.22 bits per heavy atom. The fraction of sp³-hybridized carbons (Fsp3) is 0.312. The van der Waals surface area contributed by atoms with Gasteiger partial charge in [0.2, 0.25) is 0 Å². The number of carbonyl (C=O) groups is 1. The van der Waals surface area contributed by atoms with Crippen molar-refractivity contribution in [2.24, 2.45) is 0 Å². The largest absolute Gasteiger partial charge is 0.338 e. The van der Waals surface area contributed by atoms with E-state index in [0.717, 1.165) is 12.8 Å². The van der Waals surface area contributed by atoms with Crippen LogP contribution < -0.4 is 5.56 Å². The molecule has 1 aromatic carbocycles. The molecule has 23 heavy (non-hydrogen) atoms. The van der Waals surface area contributed by atoms with Crippen molar-refractivity contribution >= 4 is 29.1 Å². The van der Waals surface area contributed by atoms with Crippen LogP contribution in [0.25, 0.3) is 0 Å². The average molecular weight is 352 g/mol. The molecule has 0 spiro atoms. The molecule has 2 heterocycles. The Morgan fingerprint density at radius 3 is 2.48 bits per heavy atom. The summed E-state index contributed by atoms with van der Waals surface area (Å²) in [6.45, 7) is 1.38. The molecule has 120 valence electrons. The summed E-state index contributed by atoms with van der Waals surface area (Å²) in [6.07, 6.45) is 3.58. The molecule has 1 aliphatic rings. The van der Waals surface area contributed by atoms with Gasteiger partial charge in [-0.05, 0) is 30.5 Å². The van der Waals surface area contributed by atoms with Gasteiger partial charge in [-0.15, -0.1) is 0 Å². The highest BCUT2D eigenvalue weighted by atomic mass is 35.5. The predicted molar refractivity (Wildman–Crippen MR) is 89.3 cm³/mol. The van der Waals surface area contributed by atoms with Crippen molar-refractivity contribution in [1.82, 2.24) is 14.9 Å². The Bertz CT molecular complexity index is 778. The summed E-state index contributed by atoms with van der Waals surface area (Å²) >= 11 is 12.2. The minimum absolute atomic E-state index is 0.0703. The smallest absolute Gasteiger partial charge is 0.263 e. The number of carbonyl (C=O) groups excluding carboxylic acids is 1. The molecule has 7 heteroatoms. The zero-order valence-corrected chi connectivity index (χ0v) is 13.8. The normalized spacial score (nSPS) is 14.3. The average Bonchev–Trinajstić information content (AvgIpc) is 3.05. The zero-order valence-electron chi connectivity index (χ0n) is 12.3. The molecule has 1 amide bonds. The van der Waals surface area contributed by atoms with E-state index >= 15 is 0 Å². The molecule has 1 N–H and O–H groups in total. The van der Waals surface area contributed by atoms with E-state index in [1.54, 1.807) is 23.1 Å². The second-order valence-corrected chi connectivity index (χ2v) is 6.26. The number of amides is 1. The highest BCUT2D eigenvalue weighted by molar-refractivity contribution is 6.36. The van der Waals surface area contributed by atoms with Crippen molar-refractivity contribution in [2.45, 2.75) is 19.3 Å². The monoisotopic (exact) mass is 351 g/mol. The Balaban J connectivity index is 1.85. The van der Waals surface area contributed by atoms with E-state index in [1.165, 1.54) is 6.20 Å². The summed E-state index contributed by atoms with van der Waals surface area (Å²) in [5.41, 5.74) is 0.327. The Morgan fingerprint density at radius 2 is 1.87 bits per heavy atom. The van der Waals surface area contributed by atoms with Gasteiger partial charge < -0.3 is 9.88 Å². The predicted octanol–water partition coefficient (Wildman–Crippen LogP) is 2.90. The number of likely N-dealkylation sites (tertiary alicyclic amines) is 1. The Kier molecular flexibility index (Phi) is 4.68. The quantitative estimate of drug-likeness (QED) is 0.924. The summed E-state index contributed by atoms with van der Waals surface area (Å²) in [5.74, 6) is 0.154. The third-order valence-electron chi connectivity index (χ3n) is 3.88. The summed E-state index contributed by atoms with van der Waals surface area (Å²) in [7, 11) is 0. The van der Waals surface area contributed by atoms with E-state index in [9.17, 15) is 9.59 Å². The maximum absolute atomic E-state index is 12.3. The summed E-state index contributed by atoms with van der Waals surface area (Å²) in [6, 6.07) is 5.21. The molecule has 2 aromatic rings.